The monoisotopic (exact) mass is 454 g/mol. The van der Waals surface area contributed by atoms with Crippen LogP contribution in [0.4, 0.5) is 0 Å². The Morgan fingerprint density at radius 1 is 0.920 bits per heavy atom. The van der Waals surface area contributed by atoms with Crippen molar-refractivity contribution in [1.82, 2.24) is 0 Å². The predicted octanol–water partition coefficient (Wildman–Crippen LogP) is 6.72. The second-order valence-corrected chi connectivity index (χ2v) is 21.5. The molecule has 0 N–H and O–H groups in total. The molecule has 0 radical (unpaired) electrons. The van der Waals surface area contributed by atoms with Crippen LogP contribution in [0.5, 0.6) is 0 Å². The number of benzene rings is 1. The Morgan fingerprint density at radius 2 is 1.40 bits per heavy atom. The van der Waals surface area contributed by atoms with Crippen LogP contribution in [-0.2, 0) is 9.53 Å². The van der Waals surface area contributed by atoms with E-state index in [4.69, 9.17) is 4.74 Å². The van der Waals surface area contributed by atoms with Gasteiger partial charge in [-0.3, -0.25) is 0 Å². The molecule has 0 aliphatic heterocycles. The third-order valence-electron chi connectivity index (χ3n) is 5.62. The molecule has 0 fully saturated rings. The minimum absolute atomic E-state index is 0.0283. The van der Waals surface area contributed by atoms with Gasteiger partial charge in [0, 0.05) is 0 Å². The van der Waals surface area contributed by atoms with Gasteiger partial charge in [0.2, 0.25) is 0 Å². The van der Waals surface area contributed by atoms with E-state index in [9.17, 15) is 4.79 Å². The van der Waals surface area contributed by atoms with Gasteiger partial charge in [-0.2, -0.15) is 0 Å². The van der Waals surface area contributed by atoms with Gasteiger partial charge in [0.05, 0.1) is 0 Å². The maximum absolute atomic E-state index is 12.3. The molecule has 0 aliphatic rings. The van der Waals surface area contributed by atoms with Crippen LogP contribution in [0.25, 0.3) is 0 Å². The molecule has 0 heterocycles. The molecule has 0 aromatic heterocycles. The first-order valence-electron chi connectivity index (χ1n) is 10.2. The third kappa shape index (κ3) is 7.32. The summed E-state index contributed by atoms with van der Waals surface area (Å²) in [7, 11) is 1.53. The molecule has 25 heavy (non-hydrogen) atoms. The van der Waals surface area contributed by atoms with Gasteiger partial charge in [-0.25, -0.2) is 0 Å². The van der Waals surface area contributed by atoms with Gasteiger partial charge in [-0.15, -0.1) is 0 Å². The molecule has 1 aromatic rings. The number of carbonyl (C=O) groups excluding carboxylic acids is 1. The van der Waals surface area contributed by atoms with Crippen molar-refractivity contribution < 1.29 is 9.53 Å². The minimum atomic E-state index is -2.54. The van der Waals surface area contributed by atoms with Crippen molar-refractivity contribution in [2.24, 2.45) is 0 Å². The summed E-state index contributed by atoms with van der Waals surface area (Å²) in [6.07, 6.45) is 8.35. The average Bonchev–Trinajstić information content (AvgIpc) is 2.66. The molecule has 1 atom stereocenters. The Bertz CT molecular complexity index is 450. The molecule has 1 rings (SSSR count). The second-order valence-electron chi connectivity index (χ2n) is 7.42. The molecule has 0 spiro atoms. The van der Waals surface area contributed by atoms with E-state index in [1.807, 2.05) is 0 Å². The van der Waals surface area contributed by atoms with E-state index in [2.05, 4.69) is 51.1 Å². The molecule has 0 saturated carbocycles. The van der Waals surface area contributed by atoms with Crippen molar-refractivity contribution in [2.75, 3.05) is 7.11 Å². The van der Waals surface area contributed by atoms with Crippen LogP contribution in [0, 0.1) is 0 Å². The van der Waals surface area contributed by atoms with Crippen molar-refractivity contribution in [3.8, 4) is 0 Å². The molecule has 0 aliphatic carbocycles. The molecule has 1 aromatic carbocycles. The summed E-state index contributed by atoms with van der Waals surface area (Å²) in [5.74, 6) is -0.0283. The van der Waals surface area contributed by atoms with Gasteiger partial charge in [-0.05, 0) is 0 Å². The fraction of sp³-hybridized carbons (Fsp3) is 0.682. The molecular formula is C22H38O2Sn. The van der Waals surface area contributed by atoms with Crippen LogP contribution in [0.15, 0.2) is 30.3 Å². The van der Waals surface area contributed by atoms with E-state index in [0.29, 0.717) is 10.4 Å². The second kappa shape index (κ2) is 12.8. The first kappa shape index (κ1) is 22.5. The number of hydrogen-bond acceptors (Lipinski definition) is 2. The molecule has 0 bridgehead atoms. The molecule has 3 heteroatoms. The molecule has 2 nitrogen and oxygen atoms in total. The number of carbonyl (C=O) groups is 1. The van der Waals surface area contributed by atoms with E-state index in [1.54, 1.807) is 0 Å². The number of unbranched alkanes of at least 4 members (excludes halogenated alkanes) is 3. The van der Waals surface area contributed by atoms with Crippen molar-refractivity contribution in [1.29, 1.82) is 0 Å². The van der Waals surface area contributed by atoms with Gasteiger partial charge in [-0.1, -0.05) is 0 Å². The molecule has 142 valence electrons. The Balaban J connectivity index is 3.27. The van der Waals surface area contributed by atoms with E-state index >= 15 is 0 Å². The van der Waals surface area contributed by atoms with E-state index < -0.39 is 18.4 Å². The summed E-state index contributed by atoms with van der Waals surface area (Å²) in [4.78, 5) is 12.3. The van der Waals surface area contributed by atoms with E-state index in [1.165, 1.54) is 64.5 Å². The quantitative estimate of drug-likeness (QED) is 0.245. The normalized spacial score (nSPS) is 12.8. The van der Waals surface area contributed by atoms with Gasteiger partial charge >= 0.3 is 160 Å². The van der Waals surface area contributed by atoms with Gasteiger partial charge in [0.1, 0.15) is 0 Å². The first-order chi connectivity index (χ1) is 12.1. The number of rotatable bonds is 13. The standard InChI is InChI=1S/C10H11O2.3C4H9.Sn/c1-12-10(11)8-7-9-5-3-2-4-6-9;3*1-3-4-2;/h2-7H,8H2,1H3;3*1,3-4H2,2H3;. The predicted molar refractivity (Wildman–Crippen MR) is 111 cm³/mol. The van der Waals surface area contributed by atoms with Crippen LogP contribution in [0.2, 0.25) is 13.3 Å². The van der Waals surface area contributed by atoms with Gasteiger partial charge in [0.15, 0.2) is 0 Å². The number of ether oxygens (including phenoxy) is 1. The van der Waals surface area contributed by atoms with Crippen LogP contribution >= 0.6 is 0 Å². The molecular weight excluding hydrogens is 415 g/mol. The zero-order valence-corrected chi connectivity index (χ0v) is 19.7. The molecule has 0 saturated heterocycles. The van der Waals surface area contributed by atoms with Crippen LogP contribution in [0.1, 0.15) is 75.2 Å². The maximum atomic E-state index is 12.3. The van der Waals surface area contributed by atoms with Crippen molar-refractivity contribution >= 4 is 24.3 Å². The number of methoxy groups -OCH3 is 1. The topological polar surface area (TPSA) is 26.3 Å². The fourth-order valence-electron chi connectivity index (χ4n) is 4.11. The Labute approximate surface area is 159 Å². The number of hydrogen-bond donors (Lipinski definition) is 0. The SMILES string of the molecule is CCC[CH2][Sn]([CH2]CCC)([CH2]CCC)[CH](CC(=O)OC)c1ccccc1. The van der Waals surface area contributed by atoms with Crippen molar-refractivity contribution in [2.45, 2.75) is 83.0 Å². The third-order valence-corrected chi connectivity index (χ3v) is 22.9. The van der Waals surface area contributed by atoms with Crippen LogP contribution in [0.3, 0.4) is 0 Å². The van der Waals surface area contributed by atoms with Gasteiger partial charge in [0.25, 0.3) is 0 Å². The Kier molecular flexibility index (Phi) is 11.5. The molecule has 0 amide bonds. The Morgan fingerprint density at radius 3 is 1.80 bits per heavy atom. The van der Waals surface area contributed by atoms with E-state index in [0.717, 1.165) is 0 Å². The Hall–Kier alpha value is -0.511. The summed E-state index contributed by atoms with van der Waals surface area (Å²) in [5.41, 5.74) is 1.40. The first-order valence-corrected chi connectivity index (χ1v) is 18.0. The average molecular weight is 453 g/mol. The van der Waals surface area contributed by atoms with Crippen molar-refractivity contribution in [3.63, 3.8) is 0 Å². The van der Waals surface area contributed by atoms with Crippen LogP contribution < -0.4 is 0 Å². The zero-order valence-electron chi connectivity index (χ0n) is 16.9. The van der Waals surface area contributed by atoms with E-state index in [-0.39, 0.29) is 5.97 Å². The zero-order chi connectivity index (χ0) is 18.5. The summed E-state index contributed by atoms with van der Waals surface area (Å²) >= 11 is -2.54. The summed E-state index contributed by atoms with van der Waals surface area (Å²) in [6.45, 7) is 6.90. The molecule has 1 unspecified atom stereocenters. The number of esters is 1. The fourth-order valence-corrected chi connectivity index (χ4v) is 22.6. The van der Waals surface area contributed by atoms with Gasteiger partial charge < -0.3 is 0 Å². The summed E-state index contributed by atoms with van der Waals surface area (Å²) in [6, 6.07) is 10.9. The van der Waals surface area contributed by atoms with Crippen molar-refractivity contribution in [3.05, 3.63) is 35.9 Å². The summed E-state index contributed by atoms with van der Waals surface area (Å²) < 4.78 is 9.83. The summed E-state index contributed by atoms with van der Waals surface area (Å²) in [5, 5.41) is 0. The van der Waals surface area contributed by atoms with Crippen LogP contribution in [-0.4, -0.2) is 31.5 Å².